The lowest BCUT2D eigenvalue weighted by atomic mass is 10.3. The third-order valence-electron chi connectivity index (χ3n) is 2.98. The molecule has 4 heteroatoms. The van der Waals surface area contributed by atoms with Crippen LogP contribution in [0.1, 0.15) is 24.1 Å². The van der Waals surface area contributed by atoms with Crippen LogP contribution < -0.4 is 5.32 Å². The van der Waals surface area contributed by atoms with Crippen molar-refractivity contribution in [1.82, 2.24) is 9.88 Å². The Balaban J connectivity index is 1.58. The zero-order chi connectivity index (χ0) is 12.1. The van der Waals surface area contributed by atoms with Crippen LogP contribution in [-0.4, -0.2) is 24.3 Å². The molecular formula is C13H19N3O. The third-order valence-corrected chi connectivity index (χ3v) is 2.98. The van der Waals surface area contributed by atoms with Crippen molar-refractivity contribution in [3.8, 4) is 6.07 Å². The zero-order valence-corrected chi connectivity index (χ0v) is 10.3. The summed E-state index contributed by atoms with van der Waals surface area (Å²) < 4.78 is 7.37. The molecular weight excluding hydrogens is 214 g/mol. The van der Waals surface area contributed by atoms with Crippen molar-refractivity contribution in [3.63, 3.8) is 0 Å². The van der Waals surface area contributed by atoms with Crippen molar-refractivity contribution in [3.05, 3.63) is 23.5 Å². The molecule has 17 heavy (non-hydrogen) atoms. The molecule has 0 radical (unpaired) electrons. The number of hydrogen-bond acceptors (Lipinski definition) is 3. The van der Waals surface area contributed by atoms with Gasteiger partial charge in [-0.05, 0) is 30.4 Å². The van der Waals surface area contributed by atoms with Crippen LogP contribution in [0.25, 0.3) is 0 Å². The van der Waals surface area contributed by atoms with E-state index in [1.807, 2.05) is 23.9 Å². The molecule has 1 aromatic rings. The Hall–Kier alpha value is -1.31. The summed E-state index contributed by atoms with van der Waals surface area (Å²) in [6.45, 7) is 3.35. The summed E-state index contributed by atoms with van der Waals surface area (Å²) in [7, 11) is 1.89. The maximum atomic E-state index is 8.82. The molecule has 0 saturated heterocycles. The molecule has 1 aromatic heterocycles. The fourth-order valence-electron chi connectivity index (χ4n) is 1.75. The van der Waals surface area contributed by atoms with E-state index in [4.69, 9.17) is 10.00 Å². The van der Waals surface area contributed by atoms with Gasteiger partial charge in [0.05, 0.1) is 6.61 Å². The maximum absolute atomic E-state index is 8.82. The van der Waals surface area contributed by atoms with E-state index in [0.717, 1.165) is 37.8 Å². The molecule has 92 valence electrons. The van der Waals surface area contributed by atoms with Crippen molar-refractivity contribution in [2.75, 3.05) is 19.8 Å². The zero-order valence-electron chi connectivity index (χ0n) is 10.3. The fourth-order valence-corrected chi connectivity index (χ4v) is 1.75. The van der Waals surface area contributed by atoms with E-state index in [2.05, 4.69) is 11.4 Å². The maximum Gasteiger partial charge on any atom is 0.120 e. The minimum Gasteiger partial charge on any atom is -0.380 e. The lowest BCUT2D eigenvalue weighted by Crippen LogP contribution is -2.19. The van der Waals surface area contributed by atoms with Crippen LogP contribution in [0.5, 0.6) is 0 Å². The summed E-state index contributed by atoms with van der Waals surface area (Å²) in [5.74, 6) is 0.835. The lowest BCUT2D eigenvalue weighted by molar-refractivity contribution is 0.126. The molecule has 0 spiro atoms. The average molecular weight is 233 g/mol. The quantitative estimate of drug-likeness (QED) is 0.724. The lowest BCUT2D eigenvalue weighted by Gasteiger charge is -2.04. The van der Waals surface area contributed by atoms with Gasteiger partial charge >= 0.3 is 0 Å². The van der Waals surface area contributed by atoms with E-state index in [0.29, 0.717) is 5.69 Å². The fraction of sp³-hybridized carbons (Fsp3) is 0.615. The molecule has 1 heterocycles. The van der Waals surface area contributed by atoms with Crippen molar-refractivity contribution >= 4 is 0 Å². The minimum absolute atomic E-state index is 0.701. The SMILES string of the molecule is Cn1cc(CNCCOCC2CC2)cc1C#N. The molecule has 0 aromatic carbocycles. The number of aromatic nitrogens is 1. The van der Waals surface area contributed by atoms with Crippen LogP contribution >= 0.6 is 0 Å². The molecule has 1 fully saturated rings. The standard InChI is InChI=1S/C13H19N3O/c1-16-9-12(6-13(16)7-14)8-15-4-5-17-10-11-2-3-11/h6,9,11,15H,2-5,8,10H2,1H3. The van der Waals surface area contributed by atoms with Gasteiger partial charge in [0.15, 0.2) is 0 Å². The molecule has 4 nitrogen and oxygen atoms in total. The molecule has 1 aliphatic carbocycles. The highest BCUT2D eigenvalue weighted by atomic mass is 16.5. The molecule has 0 atom stereocenters. The Bertz CT molecular complexity index is 401. The predicted octanol–water partition coefficient (Wildman–Crippen LogP) is 1.41. The number of nitrogens with one attached hydrogen (secondary N) is 1. The number of aryl methyl sites for hydroxylation is 1. The second-order valence-electron chi connectivity index (χ2n) is 4.65. The summed E-state index contributed by atoms with van der Waals surface area (Å²) in [6, 6.07) is 4.07. The second-order valence-corrected chi connectivity index (χ2v) is 4.65. The van der Waals surface area contributed by atoms with E-state index in [1.165, 1.54) is 12.8 Å². The van der Waals surface area contributed by atoms with Gasteiger partial charge in [-0.2, -0.15) is 5.26 Å². The molecule has 2 rings (SSSR count). The summed E-state index contributed by atoms with van der Waals surface area (Å²) in [4.78, 5) is 0. The van der Waals surface area contributed by atoms with Crippen LogP contribution in [0.2, 0.25) is 0 Å². The van der Waals surface area contributed by atoms with Gasteiger partial charge in [0.1, 0.15) is 11.8 Å². The highest BCUT2D eigenvalue weighted by Crippen LogP contribution is 2.28. The molecule has 1 N–H and O–H groups in total. The van der Waals surface area contributed by atoms with Gasteiger partial charge in [-0.1, -0.05) is 0 Å². The Morgan fingerprint density at radius 1 is 1.59 bits per heavy atom. The van der Waals surface area contributed by atoms with Crippen LogP contribution in [0.3, 0.4) is 0 Å². The van der Waals surface area contributed by atoms with Gasteiger partial charge < -0.3 is 14.6 Å². The summed E-state index contributed by atoms with van der Waals surface area (Å²) in [6.07, 6.45) is 4.67. The van der Waals surface area contributed by atoms with Gasteiger partial charge in [-0.25, -0.2) is 0 Å². The molecule has 1 saturated carbocycles. The van der Waals surface area contributed by atoms with Crippen molar-refractivity contribution in [1.29, 1.82) is 5.26 Å². The predicted molar refractivity (Wildman–Crippen MR) is 65.4 cm³/mol. The van der Waals surface area contributed by atoms with Gasteiger partial charge in [-0.15, -0.1) is 0 Å². The molecule has 0 aliphatic heterocycles. The van der Waals surface area contributed by atoms with E-state index in [1.54, 1.807) is 0 Å². The monoisotopic (exact) mass is 233 g/mol. The minimum atomic E-state index is 0.701. The van der Waals surface area contributed by atoms with Crippen LogP contribution in [0.15, 0.2) is 12.3 Å². The molecule has 0 unspecified atom stereocenters. The van der Waals surface area contributed by atoms with E-state index in [-0.39, 0.29) is 0 Å². The van der Waals surface area contributed by atoms with E-state index < -0.39 is 0 Å². The van der Waals surface area contributed by atoms with Gasteiger partial charge in [0.25, 0.3) is 0 Å². The highest BCUT2D eigenvalue weighted by Gasteiger charge is 2.20. The van der Waals surface area contributed by atoms with Crippen molar-refractivity contribution in [2.24, 2.45) is 13.0 Å². The normalized spacial score (nSPS) is 14.8. The smallest absolute Gasteiger partial charge is 0.120 e. The number of hydrogen-bond donors (Lipinski definition) is 1. The van der Waals surface area contributed by atoms with Gasteiger partial charge in [-0.3, -0.25) is 0 Å². The Morgan fingerprint density at radius 2 is 2.41 bits per heavy atom. The number of ether oxygens (including phenoxy) is 1. The Kier molecular flexibility index (Phi) is 4.18. The first-order chi connectivity index (χ1) is 8.29. The second kappa shape index (κ2) is 5.85. The van der Waals surface area contributed by atoms with Gasteiger partial charge in [0, 0.05) is 32.9 Å². The Labute approximate surface area is 102 Å². The first kappa shape index (κ1) is 12.2. The van der Waals surface area contributed by atoms with Crippen molar-refractivity contribution in [2.45, 2.75) is 19.4 Å². The topological polar surface area (TPSA) is 50.0 Å². The first-order valence-corrected chi connectivity index (χ1v) is 6.13. The van der Waals surface area contributed by atoms with Crippen LogP contribution in [-0.2, 0) is 18.3 Å². The van der Waals surface area contributed by atoms with E-state index >= 15 is 0 Å². The molecule has 1 aliphatic rings. The molecule has 0 bridgehead atoms. The summed E-state index contributed by atoms with van der Waals surface area (Å²) in [5, 5.41) is 12.1. The van der Waals surface area contributed by atoms with Crippen LogP contribution in [0, 0.1) is 17.2 Å². The van der Waals surface area contributed by atoms with Crippen LogP contribution in [0.4, 0.5) is 0 Å². The summed E-state index contributed by atoms with van der Waals surface area (Å²) in [5.41, 5.74) is 1.85. The Morgan fingerprint density at radius 3 is 3.06 bits per heavy atom. The van der Waals surface area contributed by atoms with Crippen molar-refractivity contribution < 1.29 is 4.74 Å². The van der Waals surface area contributed by atoms with Gasteiger partial charge in [0.2, 0.25) is 0 Å². The largest absolute Gasteiger partial charge is 0.380 e. The number of rotatable bonds is 7. The third kappa shape index (κ3) is 3.88. The number of nitrogens with zero attached hydrogens (tertiary/aromatic N) is 2. The summed E-state index contributed by atoms with van der Waals surface area (Å²) >= 11 is 0. The first-order valence-electron chi connectivity index (χ1n) is 6.13. The molecule has 0 amide bonds. The van der Waals surface area contributed by atoms with E-state index in [9.17, 15) is 0 Å². The number of nitriles is 1. The highest BCUT2D eigenvalue weighted by molar-refractivity contribution is 5.28. The average Bonchev–Trinajstić information content (AvgIpc) is 3.07.